The van der Waals surface area contributed by atoms with Crippen LogP contribution in [-0.4, -0.2) is 58.1 Å². The second-order valence-corrected chi connectivity index (χ2v) is 7.39. The molecule has 0 radical (unpaired) electrons. The van der Waals surface area contributed by atoms with Crippen LogP contribution in [0.25, 0.3) is 0 Å². The van der Waals surface area contributed by atoms with Crippen LogP contribution in [0.3, 0.4) is 0 Å². The van der Waals surface area contributed by atoms with Crippen LogP contribution >= 0.6 is 11.3 Å². The summed E-state index contributed by atoms with van der Waals surface area (Å²) in [5.74, 6) is 0.552. The number of aryl methyl sites for hydroxylation is 1. The van der Waals surface area contributed by atoms with E-state index in [-0.39, 0.29) is 5.91 Å². The van der Waals surface area contributed by atoms with Gasteiger partial charge in [0, 0.05) is 38.1 Å². The number of piperazine rings is 1. The van der Waals surface area contributed by atoms with Crippen molar-refractivity contribution in [2.24, 2.45) is 5.92 Å². The summed E-state index contributed by atoms with van der Waals surface area (Å²) in [6.45, 7) is 9.93. The van der Waals surface area contributed by atoms with E-state index in [2.05, 4.69) is 24.1 Å². The fourth-order valence-corrected chi connectivity index (χ4v) is 3.37. The molecule has 1 aliphatic rings. The molecule has 1 aromatic rings. The molecule has 22 heavy (non-hydrogen) atoms. The minimum absolute atomic E-state index is 0.163. The lowest BCUT2D eigenvalue weighted by atomic mass is 10.1. The van der Waals surface area contributed by atoms with Crippen LogP contribution in [0.15, 0.2) is 5.38 Å². The number of hydrogen-bond donors (Lipinski definition) is 1. The quantitative estimate of drug-likeness (QED) is 0.866. The van der Waals surface area contributed by atoms with E-state index < -0.39 is 6.10 Å². The zero-order chi connectivity index (χ0) is 16.1. The Morgan fingerprint density at radius 1 is 1.32 bits per heavy atom. The maximum atomic E-state index is 11.7. The summed E-state index contributed by atoms with van der Waals surface area (Å²) in [7, 11) is 0. The third kappa shape index (κ3) is 5.04. The van der Waals surface area contributed by atoms with Crippen LogP contribution in [0.4, 0.5) is 0 Å². The van der Waals surface area contributed by atoms with Crippen molar-refractivity contribution in [1.82, 2.24) is 14.8 Å². The third-order valence-corrected chi connectivity index (χ3v) is 4.92. The molecule has 5 nitrogen and oxygen atoms in total. The standard InChI is InChI=1S/C16H27N3O2S/c1-12(2)4-5-15-17-14(11-22-15)10-18-6-8-19(9-7-18)16(21)13(3)20/h11-13,20H,4-10H2,1-3H3. The number of hydrogen-bond acceptors (Lipinski definition) is 5. The van der Waals surface area contributed by atoms with Gasteiger partial charge >= 0.3 is 0 Å². The Morgan fingerprint density at radius 3 is 2.59 bits per heavy atom. The topological polar surface area (TPSA) is 56.7 Å². The van der Waals surface area contributed by atoms with Gasteiger partial charge in [-0.05, 0) is 25.7 Å². The molecule has 2 heterocycles. The zero-order valence-corrected chi connectivity index (χ0v) is 14.6. The average molecular weight is 325 g/mol. The van der Waals surface area contributed by atoms with Crippen LogP contribution in [0.5, 0.6) is 0 Å². The molecule has 1 aromatic heterocycles. The number of amides is 1. The number of carbonyl (C=O) groups excluding carboxylic acids is 1. The monoisotopic (exact) mass is 325 g/mol. The van der Waals surface area contributed by atoms with Gasteiger partial charge in [-0.2, -0.15) is 0 Å². The maximum Gasteiger partial charge on any atom is 0.251 e. The van der Waals surface area contributed by atoms with Gasteiger partial charge in [0.1, 0.15) is 6.10 Å². The molecule has 124 valence electrons. The van der Waals surface area contributed by atoms with E-state index >= 15 is 0 Å². The minimum Gasteiger partial charge on any atom is -0.384 e. The lowest BCUT2D eigenvalue weighted by molar-refractivity contribution is -0.141. The molecule has 0 bridgehead atoms. The van der Waals surface area contributed by atoms with Crippen LogP contribution in [0, 0.1) is 5.92 Å². The smallest absolute Gasteiger partial charge is 0.251 e. The highest BCUT2D eigenvalue weighted by Gasteiger charge is 2.23. The van der Waals surface area contributed by atoms with Crippen LogP contribution in [0.2, 0.25) is 0 Å². The first kappa shape index (κ1) is 17.4. The summed E-state index contributed by atoms with van der Waals surface area (Å²) < 4.78 is 0. The highest BCUT2D eigenvalue weighted by molar-refractivity contribution is 7.09. The number of aliphatic hydroxyl groups excluding tert-OH is 1. The van der Waals surface area contributed by atoms with Gasteiger partial charge in [-0.3, -0.25) is 9.69 Å². The molecule has 0 spiro atoms. The molecule has 1 unspecified atom stereocenters. The van der Waals surface area contributed by atoms with Gasteiger partial charge in [-0.15, -0.1) is 11.3 Å². The summed E-state index contributed by atoms with van der Waals surface area (Å²) in [6, 6.07) is 0. The molecule has 1 saturated heterocycles. The summed E-state index contributed by atoms with van der Waals surface area (Å²) in [6.07, 6.45) is 1.36. The Bertz CT molecular complexity index is 479. The van der Waals surface area contributed by atoms with Gasteiger partial charge in [0.25, 0.3) is 5.91 Å². The summed E-state index contributed by atoms with van der Waals surface area (Å²) in [5, 5.41) is 12.7. The molecule has 6 heteroatoms. The van der Waals surface area contributed by atoms with Gasteiger partial charge in [-0.1, -0.05) is 13.8 Å². The van der Waals surface area contributed by atoms with Crippen molar-refractivity contribution in [3.05, 3.63) is 16.1 Å². The Labute approximate surface area is 137 Å². The number of thiazole rings is 1. The van der Waals surface area contributed by atoms with Crippen molar-refractivity contribution in [3.63, 3.8) is 0 Å². The predicted octanol–water partition coefficient (Wildman–Crippen LogP) is 1.76. The summed E-state index contributed by atoms with van der Waals surface area (Å²) in [5.41, 5.74) is 1.14. The van der Waals surface area contributed by atoms with Crippen LogP contribution < -0.4 is 0 Å². The van der Waals surface area contributed by atoms with Crippen molar-refractivity contribution >= 4 is 17.2 Å². The molecule has 1 aliphatic heterocycles. The first-order valence-electron chi connectivity index (χ1n) is 8.08. The van der Waals surface area contributed by atoms with E-state index in [0.29, 0.717) is 19.0 Å². The number of rotatable bonds is 6. The summed E-state index contributed by atoms with van der Waals surface area (Å²) in [4.78, 5) is 20.5. The highest BCUT2D eigenvalue weighted by atomic mass is 32.1. The Morgan fingerprint density at radius 2 is 2.00 bits per heavy atom. The minimum atomic E-state index is -0.895. The Hall–Kier alpha value is -0.980. The molecule has 0 aliphatic carbocycles. The second kappa shape index (κ2) is 8.04. The number of nitrogens with zero attached hydrogens (tertiary/aromatic N) is 3. The average Bonchev–Trinajstić information content (AvgIpc) is 2.92. The normalized spacial score (nSPS) is 18.0. The van der Waals surface area contributed by atoms with Crippen molar-refractivity contribution in [1.29, 1.82) is 0 Å². The number of aliphatic hydroxyl groups is 1. The van der Waals surface area contributed by atoms with E-state index in [4.69, 9.17) is 4.98 Å². The van der Waals surface area contributed by atoms with Gasteiger partial charge in [0.15, 0.2) is 0 Å². The molecular formula is C16H27N3O2S. The maximum absolute atomic E-state index is 11.7. The number of carbonyl (C=O) groups is 1. The summed E-state index contributed by atoms with van der Waals surface area (Å²) >= 11 is 1.75. The van der Waals surface area contributed by atoms with Gasteiger partial charge < -0.3 is 10.0 Å². The largest absolute Gasteiger partial charge is 0.384 e. The van der Waals surface area contributed by atoms with Crippen molar-refractivity contribution in [2.75, 3.05) is 26.2 Å². The molecule has 1 atom stereocenters. The van der Waals surface area contributed by atoms with E-state index in [1.807, 2.05) is 0 Å². The lowest BCUT2D eigenvalue weighted by Gasteiger charge is -2.34. The highest BCUT2D eigenvalue weighted by Crippen LogP contribution is 2.16. The first-order valence-corrected chi connectivity index (χ1v) is 8.96. The molecule has 1 N–H and O–H groups in total. The fourth-order valence-electron chi connectivity index (χ4n) is 2.57. The van der Waals surface area contributed by atoms with Gasteiger partial charge in [0.2, 0.25) is 0 Å². The molecule has 1 fully saturated rings. The van der Waals surface area contributed by atoms with E-state index in [1.165, 1.54) is 18.4 Å². The van der Waals surface area contributed by atoms with Crippen molar-refractivity contribution in [3.8, 4) is 0 Å². The van der Waals surface area contributed by atoms with Crippen LogP contribution in [-0.2, 0) is 17.8 Å². The lowest BCUT2D eigenvalue weighted by Crippen LogP contribution is -2.50. The molecule has 0 saturated carbocycles. The molecule has 0 aromatic carbocycles. The Balaban J connectivity index is 1.77. The van der Waals surface area contributed by atoms with E-state index in [9.17, 15) is 9.90 Å². The SMILES string of the molecule is CC(C)CCc1nc(CN2CCN(C(=O)C(C)O)CC2)cs1. The van der Waals surface area contributed by atoms with E-state index in [0.717, 1.165) is 31.7 Å². The van der Waals surface area contributed by atoms with Gasteiger partial charge in [-0.25, -0.2) is 4.98 Å². The first-order chi connectivity index (χ1) is 10.5. The molecule has 2 rings (SSSR count). The van der Waals surface area contributed by atoms with Crippen molar-refractivity contribution in [2.45, 2.75) is 46.3 Å². The fraction of sp³-hybridized carbons (Fsp3) is 0.750. The Kier molecular flexibility index (Phi) is 6.35. The zero-order valence-electron chi connectivity index (χ0n) is 13.8. The number of aromatic nitrogens is 1. The second-order valence-electron chi connectivity index (χ2n) is 6.44. The van der Waals surface area contributed by atoms with E-state index in [1.54, 1.807) is 16.2 Å². The molecule has 1 amide bonds. The van der Waals surface area contributed by atoms with Gasteiger partial charge in [0.05, 0.1) is 10.7 Å². The van der Waals surface area contributed by atoms with Crippen molar-refractivity contribution < 1.29 is 9.90 Å². The predicted molar refractivity (Wildman–Crippen MR) is 88.8 cm³/mol. The third-order valence-electron chi connectivity index (χ3n) is 3.96. The van der Waals surface area contributed by atoms with Crippen LogP contribution in [0.1, 0.15) is 37.9 Å². The molecular weight excluding hydrogens is 298 g/mol.